The van der Waals surface area contributed by atoms with Gasteiger partial charge in [-0.2, -0.15) is 5.10 Å². The van der Waals surface area contributed by atoms with E-state index in [4.69, 9.17) is 18.2 Å². The molecule has 0 unspecified atom stereocenters. The molecule has 0 bridgehead atoms. The minimum Gasteiger partial charge on any atom is -0.312 e. The molecule has 1 fully saturated rings. The lowest BCUT2D eigenvalue weighted by Crippen LogP contribution is -1.86. The zero-order valence-electron chi connectivity index (χ0n) is 6.47. The Bertz CT molecular complexity index is 333. The summed E-state index contributed by atoms with van der Waals surface area (Å²) in [5, 5.41) is 7.25. The summed E-state index contributed by atoms with van der Waals surface area (Å²) in [6.07, 6.45) is 2.40. The standard InChI is InChI=1S/C8H8ClN3/c1-10-4-6-7(5-2-3-5)11-12-8(6)9/h5H,2-4H2,(H,11,12). The molecule has 2 rings (SSSR count). The van der Waals surface area contributed by atoms with E-state index in [0.29, 0.717) is 17.6 Å². The van der Waals surface area contributed by atoms with Crippen molar-refractivity contribution in [3.8, 4) is 0 Å². The summed E-state index contributed by atoms with van der Waals surface area (Å²) in [6.45, 7) is 7.11. The Morgan fingerprint density at radius 2 is 2.42 bits per heavy atom. The van der Waals surface area contributed by atoms with Gasteiger partial charge in [-0.3, -0.25) is 5.10 Å². The van der Waals surface area contributed by atoms with Crippen LogP contribution in [0.1, 0.15) is 30.0 Å². The van der Waals surface area contributed by atoms with Gasteiger partial charge in [0, 0.05) is 5.92 Å². The molecular weight excluding hydrogens is 174 g/mol. The van der Waals surface area contributed by atoms with Crippen molar-refractivity contribution >= 4 is 11.6 Å². The lowest BCUT2D eigenvalue weighted by Gasteiger charge is -1.92. The summed E-state index contributed by atoms with van der Waals surface area (Å²) >= 11 is 5.81. The van der Waals surface area contributed by atoms with Gasteiger partial charge in [0.05, 0.1) is 11.3 Å². The first-order valence-electron chi connectivity index (χ1n) is 3.88. The maximum absolute atomic E-state index is 6.76. The molecule has 0 atom stereocenters. The van der Waals surface area contributed by atoms with E-state index in [1.165, 1.54) is 12.8 Å². The average molecular weight is 182 g/mol. The highest BCUT2D eigenvalue weighted by Crippen LogP contribution is 2.42. The molecule has 1 aliphatic rings. The largest absolute Gasteiger partial charge is 0.312 e. The van der Waals surface area contributed by atoms with E-state index >= 15 is 0 Å². The summed E-state index contributed by atoms with van der Waals surface area (Å²) in [6, 6.07) is 0. The number of hydrogen-bond acceptors (Lipinski definition) is 1. The summed E-state index contributed by atoms with van der Waals surface area (Å²) in [5.41, 5.74) is 1.98. The van der Waals surface area contributed by atoms with Gasteiger partial charge in [0.15, 0.2) is 5.15 Å². The van der Waals surface area contributed by atoms with Crippen molar-refractivity contribution in [3.63, 3.8) is 0 Å². The Kier molecular flexibility index (Phi) is 1.78. The predicted octanol–water partition coefficient (Wildman–Crippen LogP) is 2.36. The number of nitrogens with one attached hydrogen (secondary N) is 1. The summed E-state index contributed by atoms with van der Waals surface area (Å²) in [5.74, 6) is 0.585. The maximum Gasteiger partial charge on any atom is 0.244 e. The molecule has 0 aromatic carbocycles. The fourth-order valence-corrected chi connectivity index (χ4v) is 1.50. The molecule has 4 heteroatoms. The normalized spacial score (nSPS) is 16.0. The van der Waals surface area contributed by atoms with E-state index in [1.54, 1.807) is 0 Å². The number of nitrogens with zero attached hydrogens (tertiary/aromatic N) is 2. The zero-order chi connectivity index (χ0) is 8.55. The highest BCUT2D eigenvalue weighted by atomic mass is 35.5. The summed E-state index contributed by atoms with van der Waals surface area (Å²) in [7, 11) is 0. The van der Waals surface area contributed by atoms with Crippen LogP contribution in [0.3, 0.4) is 0 Å². The highest BCUT2D eigenvalue weighted by Gasteiger charge is 2.30. The Morgan fingerprint density at radius 3 is 3.00 bits per heavy atom. The van der Waals surface area contributed by atoms with Crippen molar-refractivity contribution in [1.82, 2.24) is 10.2 Å². The first-order valence-corrected chi connectivity index (χ1v) is 4.26. The SMILES string of the molecule is [C-]#[N+]Cc1c(Cl)n[nH]c1C1CC1. The number of rotatable bonds is 2. The van der Waals surface area contributed by atoms with Gasteiger partial charge in [0.1, 0.15) is 0 Å². The van der Waals surface area contributed by atoms with Crippen LogP contribution in [0.25, 0.3) is 4.85 Å². The highest BCUT2D eigenvalue weighted by molar-refractivity contribution is 6.30. The van der Waals surface area contributed by atoms with Gasteiger partial charge >= 0.3 is 0 Å². The molecule has 0 amide bonds. The van der Waals surface area contributed by atoms with Crippen molar-refractivity contribution in [2.45, 2.75) is 25.3 Å². The second-order valence-electron chi connectivity index (χ2n) is 3.00. The number of aromatic amines is 1. The molecule has 3 nitrogen and oxygen atoms in total. The first kappa shape index (κ1) is 7.63. The van der Waals surface area contributed by atoms with Crippen LogP contribution in [0.4, 0.5) is 0 Å². The van der Waals surface area contributed by atoms with Crippen LogP contribution >= 0.6 is 11.6 Å². The molecule has 1 aromatic heterocycles. The molecule has 62 valence electrons. The number of halogens is 1. The van der Waals surface area contributed by atoms with Crippen LogP contribution in [0.2, 0.25) is 5.15 Å². The summed E-state index contributed by atoms with van der Waals surface area (Å²) < 4.78 is 0. The monoisotopic (exact) mass is 181 g/mol. The lowest BCUT2D eigenvalue weighted by atomic mass is 10.2. The Hall–Kier alpha value is -1.01. The van der Waals surface area contributed by atoms with Crippen molar-refractivity contribution < 1.29 is 0 Å². The van der Waals surface area contributed by atoms with E-state index in [2.05, 4.69) is 15.0 Å². The number of hydrogen-bond donors (Lipinski definition) is 1. The fourth-order valence-electron chi connectivity index (χ4n) is 1.29. The van der Waals surface area contributed by atoms with E-state index in [1.807, 2.05) is 0 Å². The van der Waals surface area contributed by atoms with Crippen LogP contribution in [0.5, 0.6) is 0 Å². The third-order valence-corrected chi connectivity index (χ3v) is 2.38. The molecule has 0 saturated heterocycles. The number of H-pyrrole nitrogens is 1. The van der Waals surface area contributed by atoms with E-state index in [9.17, 15) is 0 Å². The van der Waals surface area contributed by atoms with Crippen LogP contribution in [-0.2, 0) is 6.54 Å². The van der Waals surface area contributed by atoms with Gasteiger partial charge in [-0.15, -0.1) is 0 Å². The zero-order valence-corrected chi connectivity index (χ0v) is 7.23. The molecule has 1 heterocycles. The molecule has 1 saturated carbocycles. The second kappa shape index (κ2) is 2.80. The van der Waals surface area contributed by atoms with Gasteiger partial charge in [-0.1, -0.05) is 11.6 Å². The lowest BCUT2D eigenvalue weighted by molar-refractivity contribution is 0.953. The van der Waals surface area contributed by atoms with Gasteiger partial charge in [-0.05, 0) is 12.8 Å². The van der Waals surface area contributed by atoms with Crippen LogP contribution in [0.15, 0.2) is 0 Å². The average Bonchev–Trinajstić information content (AvgIpc) is 2.82. The predicted molar refractivity (Wildman–Crippen MR) is 45.9 cm³/mol. The molecule has 0 aliphatic heterocycles. The Labute approximate surface area is 75.6 Å². The minimum atomic E-state index is 0.348. The van der Waals surface area contributed by atoms with Crippen molar-refractivity contribution in [3.05, 3.63) is 27.8 Å². The third-order valence-electron chi connectivity index (χ3n) is 2.07. The van der Waals surface area contributed by atoms with Crippen LogP contribution in [0, 0.1) is 6.57 Å². The molecule has 0 radical (unpaired) electrons. The Balaban J connectivity index is 2.34. The number of aromatic nitrogens is 2. The third kappa shape index (κ3) is 1.19. The van der Waals surface area contributed by atoms with Crippen molar-refractivity contribution in [2.24, 2.45) is 0 Å². The maximum atomic E-state index is 6.76. The molecular formula is C8H8ClN3. The van der Waals surface area contributed by atoms with Gasteiger partial charge in [-0.25, -0.2) is 6.57 Å². The second-order valence-corrected chi connectivity index (χ2v) is 3.36. The molecule has 0 spiro atoms. The van der Waals surface area contributed by atoms with E-state index in [0.717, 1.165) is 11.3 Å². The minimum absolute atomic E-state index is 0.348. The fraction of sp³-hybridized carbons (Fsp3) is 0.500. The van der Waals surface area contributed by atoms with E-state index in [-0.39, 0.29) is 0 Å². The van der Waals surface area contributed by atoms with Gasteiger partial charge in [0.25, 0.3) is 0 Å². The smallest absolute Gasteiger partial charge is 0.244 e. The van der Waals surface area contributed by atoms with Crippen molar-refractivity contribution in [1.29, 1.82) is 0 Å². The molecule has 12 heavy (non-hydrogen) atoms. The van der Waals surface area contributed by atoms with Crippen LogP contribution < -0.4 is 0 Å². The van der Waals surface area contributed by atoms with Crippen LogP contribution in [-0.4, -0.2) is 10.2 Å². The van der Waals surface area contributed by atoms with Crippen molar-refractivity contribution in [2.75, 3.05) is 0 Å². The summed E-state index contributed by atoms with van der Waals surface area (Å²) in [4.78, 5) is 3.32. The topological polar surface area (TPSA) is 33.0 Å². The van der Waals surface area contributed by atoms with Gasteiger partial charge < -0.3 is 4.85 Å². The Morgan fingerprint density at radius 1 is 1.67 bits per heavy atom. The quantitative estimate of drug-likeness (QED) is 0.699. The molecule has 1 N–H and O–H groups in total. The van der Waals surface area contributed by atoms with E-state index < -0.39 is 0 Å². The molecule has 1 aromatic rings. The van der Waals surface area contributed by atoms with Gasteiger partial charge in [0.2, 0.25) is 6.54 Å². The molecule has 1 aliphatic carbocycles. The first-order chi connectivity index (χ1) is 5.83.